The number of rotatable bonds is 4. The Kier molecular flexibility index (Phi) is 4.50. The molecule has 1 aliphatic rings. The Bertz CT molecular complexity index is 423. The van der Waals surface area contributed by atoms with E-state index in [1.54, 1.807) is 6.20 Å². The second-order valence-electron chi connectivity index (χ2n) is 5.01. The van der Waals surface area contributed by atoms with Crippen molar-refractivity contribution in [3.8, 4) is 0 Å². The van der Waals surface area contributed by atoms with Gasteiger partial charge >= 0.3 is 0 Å². The molecule has 19 heavy (non-hydrogen) atoms. The monoisotopic (exact) mass is 262 g/mol. The number of hydrogen-bond donors (Lipinski definition) is 2. The van der Waals surface area contributed by atoms with Crippen molar-refractivity contribution in [1.29, 1.82) is 0 Å². The predicted molar refractivity (Wildman–Crippen MR) is 74.4 cm³/mol. The van der Waals surface area contributed by atoms with Crippen LogP contribution in [0.5, 0.6) is 0 Å². The summed E-state index contributed by atoms with van der Waals surface area (Å²) in [5, 5.41) is 2.89. The van der Waals surface area contributed by atoms with Gasteiger partial charge in [0.25, 0.3) is 0 Å². The topological polar surface area (TPSA) is 71.2 Å². The van der Waals surface area contributed by atoms with Crippen LogP contribution in [0, 0.1) is 0 Å². The van der Waals surface area contributed by atoms with E-state index in [2.05, 4.69) is 22.1 Å². The molecular formula is C14H22N4O. The average molecular weight is 262 g/mol. The molecule has 1 saturated heterocycles. The fourth-order valence-corrected chi connectivity index (χ4v) is 2.64. The molecule has 0 bridgehead atoms. The largest absolute Gasteiger partial charge is 0.353 e. The minimum absolute atomic E-state index is 0.00227. The average Bonchev–Trinajstić information content (AvgIpc) is 2.44. The number of nitrogens with zero attached hydrogens (tertiary/aromatic N) is 2. The molecule has 0 spiro atoms. The van der Waals surface area contributed by atoms with Crippen LogP contribution in [0.25, 0.3) is 0 Å². The molecule has 0 aromatic carbocycles. The van der Waals surface area contributed by atoms with E-state index < -0.39 is 0 Å². The van der Waals surface area contributed by atoms with Gasteiger partial charge in [0, 0.05) is 31.5 Å². The summed E-state index contributed by atoms with van der Waals surface area (Å²) in [6, 6.07) is 3.83. The van der Waals surface area contributed by atoms with E-state index in [-0.39, 0.29) is 24.0 Å². The Morgan fingerprint density at radius 1 is 1.63 bits per heavy atom. The van der Waals surface area contributed by atoms with Crippen molar-refractivity contribution in [2.45, 2.75) is 38.4 Å². The lowest BCUT2D eigenvalue weighted by atomic mass is 9.95. The fourth-order valence-electron chi connectivity index (χ4n) is 2.64. The van der Waals surface area contributed by atoms with Crippen molar-refractivity contribution < 1.29 is 4.79 Å². The van der Waals surface area contributed by atoms with Crippen LogP contribution in [-0.2, 0) is 4.79 Å². The number of carbonyl (C=O) groups excluding carboxylic acids is 1. The van der Waals surface area contributed by atoms with Gasteiger partial charge < -0.3 is 11.1 Å². The summed E-state index contributed by atoms with van der Waals surface area (Å²) in [6.45, 7) is 5.50. The van der Waals surface area contributed by atoms with Crippen LogP contribution < -0.4 is 11.1 Å². The number of carbonyl (C=O) groups is 1. The van der Waals surface area contributed by atoms with E-state index in [1.807, 2.05) is 25.3 Å². The fraction of sp³-hybridized carbons (Fsp3) is 0.571. The van der Waals surface area contributed by atoms with Gasteiger partial charge in [0.15, 0.2) is 0 Å². The van der Waals surface area contributed by atoms with Gasteiger partial charge in [-0.15, -0.1) is 0 Å². The van der Waals surface area contributed by atoms with Crippen LogP contribution in [0.4, 0.5) is 0 Å². The van der Waals surface area contributed by atoms with Crippen LogP contribution >= 0.6 is 0 Å². The van der Waals surface area contributed by atoms with Gasteiger partial charge in [-0.1, -0.05) is 13.0 Å². The number of pyridine rings is 1. The van der Waals surface area contributed by atoms with Crippen molar-refractivity contribution >= 4 is 5.91 Å². The third-order valence-corrected chi connectivity index (χ3v) is 3.81. The highest BCUT2D eigenvalue weighted by Gasteiger charge is 2.34. The van der Waals surface area contributed by atoms with Crippen molar-refractivity contribution in [2.24, 2.45) is 5.73 Å². The standard InChI is InChI=1S/C14H22N4O/c1-3-12(15)13(11-5-4-6-16-9-11)18-8-7-17-14(19)10(18)2/h4-6,9-10,12-13H,3,7-8,15H2,1-2H3,(H,17,19). The van der Waals surface area contributed by atoms with Crippen LogP contribution in [0.3, 0.4) is 0 Å². The van der Waals surface area contributed by atoms with Crippen molar-refractivity contribution in [1.82, 2.24) is 15.2 Å². The Morgan fingerprint density at radius 3 is 3.05 bits per heavy atom. The molecule has 2 rings (SSSR count). The molecule has 104 valence electrons. The van der Waals surface area contributed by atoms with Crippen molar-refractivity contribution in [3.63, 3.8) is 0 Å². The van der Waals surface area contributed by atoms with E-state index in [4.69, 9.17) is 5.73 Å². The zero-order valence-electron chi connectivity index (χ0n) is 11.5. The highest BCUT2D eigenvalue weighted by atomic mass is 16.2. The third kappa shape index (κ3) is 2.93. The lowest BCUT2D eigenvalue weighted by Crippen LogP contribution is -2.57. The van der Waals surface area contributed by atoms with E-state index in [1.165, 1.54) is 0 Å². The van der Waals surface area contributed by atoms with Crippen LogP contribution in [0.2, 0.25) is 0 Å². The lowest BCUT2D eigenvalue weighted by Gasteiger charge is -2.41. The van der Waals surface area contributed by atoms with Crippen LogP contribution in [0.15, 0.2) is 24.5 Å². The second kappa shape index (κ2) is 6.12. The lowest BCUT2D eigenvalue weighted by molar-refractivity contribution is -0.129. The first-order chi connectivity index (χ1) is 9.15. The molecule has 1 aliphatic heterocycles. The SMILES string of the molecule is CCC(N)C(c1cccnc1)N1CCNC(=O)C1C. The van der Waals surface area contributed by atoms with E-state index in [0.29, 0.717) is 6.54 Å². The Hall–Kier alpha value is -1.46. The molecular weight excluding hydrogens is 240 g/mol. The molecule has 3 unspecified atom stereocenters. The molecule has 2 heterocycles. The number of hydrogen-bond acceptors (Lipinski definition) is 4. The van der Waals surface area contributed by atoms with Gasteiger partial charge in [0.2, 0.25) is 5.91 Å². The maximum atomic E-state index is 11.8. The van der Waals surface area contributed by atoms with E-state index in [9.17, 15) is 4.79 Å². The summed E-state index contributed by atoms with van der Waals surface area (Å²) in [5.41, 5.74) is 7.37. The Balaban J connectivity index is 2.30. The number of piperazine rings is 1. The summed E-state index contributed by atoms with van der Waals surface area (Å²) >= 11 is 0. The predicted octanol–water partition coefficient (Wildman–Crippen LogP) is 0.680. The van der Waals surface area contributed by atoms with E-state index >= 15 is 0 Å². The first-order valence-corrected chi connectivity index (χ1v) is 6.84. The number of nitrogens with one attached hydrogen (secondary N) is 1. The quantitative estimate of drug-likeness (QED) is 0.837. The number of aromatic nitrogens is 1. The molecule has 3 atom stereocenters. The van der Waals surface area contributed by atoms with Gasteiger partial charge in [0.05, 0.1) is 12.1 Å². The van der Waals surface area contributed by atoms with Gasteiger partial charge in [-0.05, 0) is 25.0 Å². The highest BCUT2D eigenvalue weighted by Crippen LogP contribution is 2.27. The molecule has 0 radical (unpaired) electrons. The Morgan fingerprint density at radius 2 is 2.42 bits per heavy atom. The third-order valence-electron chi connectivity index (χ3n) is 3.81. The van der Waals surface area contributed by atoms with Crippen LogP contribution in [-0.4, -0.2) is 41.0 Å². The summed E-state index contributed by atoms with van der Waals surface area (Å²) < 4.78 is 0. The van der Waals surface area contributed by atoms with Gasteiger partial charge in [-0.25, -0.2) is 0 Å². The molecule has 5 heteroatoms. The number of nitrogens with two attached hydrogens (primary N) is 1. The minimum atomic E-state index is -0.156. The minimum Gasteiger partial charge on any atom is -0.353 e. The molecule has 1 aromatic rings. The first-order valence-electron chi connectivity index (χ1n) is 6.84. The summed E-state index contributed by atoms with van der Waals surface area (Å²) in [7, 11) is 0. The Labute approximate surface area is 114 Å². The molecule has 0 aliphatic carbocycles. The van der Waals surface area contributed by atoms with Crippen molar-refractivity contribution in [2.75, 3.05) is 13.1 Å². The maximum Gasteiger partial charge on any atom is 0.237 e. The highest BCUT2D eigenvalue weighted by molar-refractivity contribution is 5.82. The molecule has 1 fully saturated rings. The number of amides is 1. The van der Waals surface area contributed by atoms with Crippen LogP contribution in [0.1, 0.15) is 31.9 Å². The zero-order valence-corrected chi connectivity index (χ0v) is 11.5. The summed E-state index contributed by atoms with van der Waals surface area (Å²) in [4.78, 5) is 18.2. The molecule has 1 aromatic heterocycles. The van der Waals surface area contributed by atoms with Crippen molar-refractivity contribution in [3.05, 3.63) is 30.1 Å². The molecule has 1 amide bonds. The molecule has 5 nitrogen and oxygen atoms in total. The summed E-state index contributed by atoms with van der Waals surface area (Å²) in [5.74, 6) is 0.0726. The van der Waals surface area contributed by atoms with E-state index in [0.717, 1.165) is 18.5 Å². The second-order valence-corrected chi connectivity index (χ2v) is 5.01. The normalized spacial score (nSPS) is 23.7. The molecule has 0 saturated carbocycles. The maximum absolute atomic E-state index is 11.8. The first kappa shape index (κ1) is 14.0. The molecule has 3 N–H and O–H groups in total. The summed E-state index contributed by atoms with van der Waals surface area (Å²) in [6.07, 6.45) is 4.47. The van der Waals surface area contributed by atoms with Gasteiger partial charge in [-0.2, -0.15) is 0 Å². The van der Waals surface area contributed by atoms with Gasteiger partial charge in [0.1, 0.15) is 0 Å². The smallest absolute Gasteiger partial charge is 0.237 e. The zero-order chi connectivity index (χ0) is 13.8. The van der Waals surface area contributed by atoms with Gasteiger partial charge in [-0.3, -0.25) is 14.7 Å².